The molecule has 2 unspecified atom stereocenters. The van der Waals surface area contributed by atoms with Crippen LogP contribution in [0.4, 0.5) is 0 Å². The molecule has 3 aromatic rings. The summed E-state index contributed by atoms with van der Waals surface area (Å²) in [6.45, 7) is 3.78. The van der Waals surface area contributed by atoms with E-state index in [4.69, 9.17) is 18.9 Å². The van der Waals surface area contributed by atoms with E-state index in [1.807, 2.05) is 60.7 Å². The Kier molecular flexibility index (Phi) is 9.67. The van der Waals surface area contributed by atoms with Crippen molar-refractivity contribution in [1.82, 2.24) is 0 Å². The molecule has 0 bridgehead atoms. The number of carbonyl (C=O) groups is 2. The summed E-state index contributed by atoms with van der Waals surface area (Å²) in [5, 5.41) is 9.49. The summed E-state index contributed by atoms with van der Waals surface area (Å²) in [4.78, 5) is 31.4. The number of allylic oxidation sites excluding steroid dienone is 1. The zero-order valence-corrected chi connectivity index (χ0v) is 22.4. The van der Waals surface area contributed by atoms with Gasteiger partial charge in [-0.05, 0) is 55.8 Å². The molecule has 0 spiro atoms. The number of esters is 2. The smallest absolute Gasteiger partial charge is 0.336 e. The van der Waals surface area contributed by atoms with Gasteiger partial charge < -0.3 is 18.9 Å². The summed E-state index contributed by atoms with van der Waals surface area (Å²) in [5.74, 6) is -1.47. The lowest BCUT2D eigenvalue weighted by atomic mass is 9.75. The predicted octanol–water partition coefficient (Wildman–Crippen LogP) is 5.25. The number of nitriles is 1. The number of nitrogens with zero attached hydrogens (tertiary/aromatic N) is 2. The van der Waals surface area contributed by atoms with Crippen LogP contribution in [0.25, 0.3) is 0 Å². The fourth-order valence-electron chi connectivity index (χ4n) is 4.57. The Hall–Kier alpha value is -4.90. The van der Waals surface area contributed by atoms with Crippen LogP contribution in [-0.4, -0.2) is 44.1 Å². The Morgan fingerprint density at radius 3 is 2.00 bits per heavy atom. The Labute approximate surface area is 233 Å². The monoisotopic (exact) mass is 538 g/mol. The van der Waals surface area contributed by atoms with Crippen LogP contribution < -0.4 is 9.47 Å². The van der Waals surface area contributed by atoms with Crippen LogP contribution in [0.5, 0.6) is 11.5 Å². The SMILES string of the molecule is CC1=NC(C)=C(C(=O)OCCOc2ccccc2)C(c2cccc(C#N)c2)C1C(=O)OCCOc1ccccc1. The standard InChI is InChI=1S/C32H30N2O6/c1-22-28(31(35)39-18-16-37-26-12-5-3-6-13-26)30(25-11-9-10-24(20-25)21-33)29(23(2)34-22)32(36)40-19-17-38-27-14-7-4-8-15-27/h3-15,20,28,30H,16-19H2,1-2H3. The first kappa shape index (κ1) is 28.1. The second-order valence-corrected chi connectivity index (χ2v) is 9.07. The van der Waals surface area contributed by atoms with Crippen LogP contribution in [0.2, 0.25) is 0 Å². The molecule has 40 heavy (non-hydrogen) atoms. The minimum atomic E-state index is -0.891. The zero-order valence-electron chi connectivity index (χ0n) is 22.4. The van der Waals surface area contributed by atoms with Crippen molar-refractivity contribution in [2.75, 3.05) is 26.4 Å². The molecule has 0 fully saturated rings. The lowest BCUT2D eigenvalue weighted by Gasteiger charge is -2.31. The molecule has 0 saturated heterocycles. The Bertz CT molecular complexity index is 1430. The van der Waals surface area contributed by atoms with Gasteiger partial charge >= 0.3 is 11.9 Å². The second kappa shape index (κ2) is 13.8. The number of para-hydroxylation sites is 2. The highest BCUT2D eigenvalue weighted by Gasteiger charge is 2.42. The van der Waals surface area contributed by atoms with E-state index in [1.165, 1.54) is 0 Å². The lowest BCUT2D eigenvalue weighted by molar-refractivity contribution is -0.147. The number of rotatable bonds is 11. The normalized spacial score (nSPS) is 16.4. The maximum Gasteiger partial charge on any atom is 0.336 e. The molecule has 1 aliphatic heterocycles. The van der Waals surface area contributed by atoms with Gasteiger partial charge in [0, 0.05) is 17.3 Å². The van der Waals surface area contributed by atoms with Crippen LogP contribution >= 0.6 is 0 Å². The average Bonchev–Trinajstić information content (AvgIpc) is 2.98. The minimum absolute atomic E-state index is 0.00406. The van der Waals surface area contributed by atoms with Crippen LogP contribution in [-0.2, 0) is 19.1 Å². The van der Waals surface area contributed by atoms with E-state index in [-0.39, 0.29) is 32.0 Å². The lowest BCUT2D eigenvalue weighted by Crippen LogP contribution is -2.37. The van der Waals surface area contributed by atoms with Gasteiger partial charge in [0.15, 0.2) is 0 Å². The van der Waals surface area contributed by atoms with E-state index >= 15 is 0 Å². The van der Waals surface area contributed by atoms with E-state index in [1.54, 1.807) is 38.1 Å². The molecule has 0 radical (unpaired) electrons. The van der Waals surface area contributed by atoms with Crippen molar-refractivity contribution in [2.45, 2.75) is 19.8 Å². The first-order valence-electron chi connectivity index (χ1n) is 12.9. The van der Waals surface area contributed by atoms with E-state index in [0.717, 1.165) is 0 Å². The Morgan fingerprint density at radius 2 is 1.40 bits per heavy atom. The first-order chi connectivity index (χ1) is 19.5. The first-order valence-corrected chi connectivity index (χ1v) is 12.9. The van der Waals surface area contributed by atoms with Gasteiger partial charge in [-0.25, -0.2) is 4.79 Å². The van der Waals surface area contributed by atoms with Gasteiger partial charge in [0.2, 0.25) is 0 Å². The fourth-order valence-corrected chi connectivity index (χ4v) is 4.57. The van der Waals surface area contributed by atoms with E-state index in [2.05, 4.69) is 11.1 Å². The van der Waals surface area contributed by atoms with Gasteiger partial charge in [0.05, 0.1) is 17.2 Å². The summed E-state index contributed by atoms with van der Waals surface area (Å²) in [6, 6.07) is 27.4. The van der Waals surface area contributed by atoms with E-state index < -0.39 is 23.8 Å². The summed E-state index contributed by atoms with van der Waals surface area (Å²) < 4.78 is 22.4. The third-order valence-electron chi connectivity index (χ3n) is 6.34. The third kappa shape index (κ3) is 7.14. The van der Waals surface area contributed by atoms with Crippen LogP contribution in [0.1, 0.15) is 30.9 Å². The van der Waals surface area contributed by atoms with Crippen molar-refractivity contribution < 1.29 is 28.5 Å². The summed E-state index contributed by atoms with van der Waals surface area (Å²) in [5.41, 5.74) is 2.20. The summed E-state index contributed by atoms with van der Waals surface area (Å²) >= 11 is 0. The summed E-state index contributed by atoms with van der Waals surface area (Å²) in [6.07, 6.45) is 0. The maximum absolute atomic E-state index is 13.4. The molecule has 0 aromatic heterocycles. The molecule has 8 nitrogen and oxygen atoms in total. The van der Waals surface area contributed by atoms with Crippen molar-refractivity contribution in [3.8, 4) is 17.6 Å². The van der Waals surface area contributed by atoms with Crippen LogP contribution in [0, 0.1) is 17.2 Å². The van der Waals surface area contributed by atoms with Crippen molar-refractivity contribution in [1.29, 1.82) is 5.26 Å². The van der Waals surface area contributed by atoms with Gasteiger partial charge in [0.25, 0.3) is 0 Å². The van der Waals surface area contributed by atoms with Gasteiger partial charge in [-0.2, -0.15) is 5.26 Å². The van der Waals surface area contributed by atoms with Crippen molar-refractivity contribution in [3.05, 3.63) is 107 Å². The molecule has 204 valence electrons. The second-order valence-electron chi connectivity index (χ2n) is 9.07. The number of aliphatic imine (C=N–C) groups is 1. The van der Waals surface area contributed by atoms with Gasteiger partial charge in [-0.3, -0.25) is 9.79 Å². The van der Waals surface area contributed by atoms with Gasteiger partial charge in [0.1, 0.15) is 43.8 Å². The van der Waals surface area contributed by atoms with Crippen LogP contribution in [0.3, 0.4) is 0 Å². The third-order valence-corrected chi connectivity index (χ3v) is 6.34. The zero-order chi connectivity index (χ0) is 28.3. The number of ether oxygens (including phenoxy) is 4. The fraction of sp³-hybridized carbons (Fsp3) is 0.250. The van der Waals surface area contributed by atoms with E-state index in [0.29, 0.717) is 34.0 Å². The van der Waals surface area contributed by atoms with Crippen molar-refractivity contribution in [2.24, 2.45) is 10.9 Å². The Balaban J connectivity index is 1.51. The van der Waals surface area contributed by atoms with Gasteiger partial charge in [-0.1, -0.05) is 48.5 Å². The molecule has 0 amide bonds. The minimum Gasteiger partial charge on any atom is -0.490 e. The molecule has 0 aliphatic carbocycles. The van der Waals surface area contributed by atoms with Crippen molar-refractivity contribution in [3.63, 3.8) is 0 Å². The largest absolute Gasteiger partial charge is 0.490 e. The van der Waals surface area contributed by atoms with E-state index in [9.17, 15) is 14.9 Å². The molecule has 1 heterocycles. The summed E-state index contributed by atoms with van der Waals surface area (Å²) in [7, 11) is 0. The number of hydrogen-bond acceptors (Lipinski definition) is 8. The number of hydrogen-bond donors (Lipinski definition) is 0. The molecule has 1 aliphatic rings. The highest BCUT2D eigenvalue weighted by Crippen LogP contribution is 2.40. The molecule has 3 aromatic carbocycles. The molecular weight excluding hydrogens is 508 g/mol. The highest BCUT2D eigenvalue weighted by molar-refractivity contribution is 6.07. The number of carbonyl (C=O) groups excluding carboxylic acids is 2. The quantitative estimate of drug-likeness (QED) is 0.242. The molecule has 4 rings (SSSR count). The van der Waals surface area contributed by atoms with Crippen molar-refractivity contribution >= 4 is 17.7 Å². The molecule has 8 heteroatoms. The molecular formula is C32H30N2O6. The van der Waals surface area contributed by atoms with Gasteiger partial charge in [-0.15, -0.1) is 0 Å². The Morgan fingerprint density at radius 1 is 0.800 bits per heavy atom. The van der Waals surface area contributed by atoms with Crippen LogP contribution in [0.15, 0.2) is 101 Å². The molecule has 0 saturated carbocycles. The average molecular weight is 539 g/mol. The number of benzene rings is 3. The molecule has 2 atom stereocenters. The predicted molar refractivity (Wildman–Crippen MR) is 149 cm³/mol. The molecule has 0 N–H and O–H groups in total. The highest BCUT2D eigenvalue weighted by atomic mass is 16.6. The topological polar surface area (TPSA) is 107 Å². The maximum atomic E-state index is 13.4.